The average molecular weight is 224 g/mol. The average Bonchev–Trinajstić information content (AvgIpc) is 2.49. The van der Waals surface area contributed by atoms with Gasteiger partial charge in [0.25, 0.3) is 0 Å². The minimum atomic E-state index is 0.154. The van der Waals surface area contributed by atoms with E-state index in [4.69, 9.17) is 23.2 Å². The lowest BCUT2D eigenvalue weighted by atomic mass is 10.1. The van der Waals surface area contributed by atoms with Crippen molar-refractivity contribution in [2.24, 2.45) is 0 Å². The van der Waals surface area contributed by atoms with Crippen LogP contribution < -0.4 is 11.6 Å². The summed E-state index contributed by atoms with van der Waals surface area (Å²) in [4.78, 5) is 0. The lowest BCUT2D eigenvalue weighted by molar-refractivity contribution is 1.02. The number of aromatic nitrogens is 3. The maximum Gasteiger partial charge on any atom is 0.241 e. The number of aryl methyl sites for hydroxylation is 1. The van der Waals surface area contributed by atoms with Crippen LogP contribution in [0.3, 0.4) is 0 Å². The lowest BCUT2D eigenvalue weighted by Crippen LogP contribution is -2.13. The van der Waals surface area contributed by atoms with Crippen LogP contribution in [0.15, 0.2) is 18.2 Å². The van der Waals surface area contributed by atoms with Crippen molar-refractivity contribution in [3.63, 3.8) is 0 Å². The molecule has 0 aliphatic carbocycles. The fourth-order valence-corrected chi connectivity index (χ4v) is 1.61. The molecule has 0 amide bonds. The van der Waals surface area contributed by atoms with Crippen molar-refractivity contribution in [1.82, 2.24) is 14.9 Å². The maximum atomic E-state index is 6.07. The van der Waals surface area contributed by atoms with Gasteiger partial charge in [0.15, 0.2) is 5.82 Å². The second kappa shape index (κ2) is 3.43. The first-order valence-corrected chi connectivity index (χ1v) is 4.70. The highest BCUT2D eigenvalue weighted by Gasteiger charge is 2.12. The van der Waals surface area contributed by atoms with Gasteiger partial charge in [0.2, 0.25) is 5.95 Å². The number of benzene rings is 1. The summed E-state index contributed by atoms with van der Waals surface area (Å²) >= 11 is 6.07. The van der Waals surface area contributed by atoms with E-state index < -0.39 is 0 Å². The van der Waals surface area contributed by atoms with Gasteiger partial charge in [0.05, 0.1) is 5.02 Å². The summed E-state index contributed by atoms with van der Waals surface area (Å²) < 4.78 is 1.20. The minimum Gasteiger partial charge on any atom is -0.366 e. The standard InChI is InChI=1S/C9H10ClN5/c1-5-2-3-6(7(10)4-5)8-13-14-9(11)15(8)12/h2-4H,12H2,1H3,(H2,11,14). The molecule has 1 heterocycles. The van der Waals surface area contributed by atoms with Crippen molar-refractivity contribution in [2.45, 2.75) is 6.92 Å². The molecule has 4 N–H and O–H groups in total. The molecule has 0 fully saturated rings. The molecule has 5 nitrogen and oxygen atoms in total. The minimum absolute atomic E-state index is 0.154. The Labute approximate surface area is 91.6 Å². The quantitative estimate of drug-likeness (QED) is 0.712. The number of nitrogen functional groups attached to an aromatic ring is 2. The van der Waals surface area contributed by atoms with Crippen molar-refractivity contribution >= 4 is 17.5 Å². The molecule has 0 radical (unpaired) electrons. The van der Waals surface area contributed by atoms with Crippen molar-refractivity contribution in [3.8, 4) is 11.4 Å². The Bertz CT molecular complexity index is 505. The maximum absolute atomic E-state index is 6.07. The fraction of sp³-hybridized carbons (Fsp3) is 0.111. The van der Waals surface area contributed by atoms with Gasteiger partial charge in [-0.15, -0.1) is 10.2 Å². The van der Waals surface area contributed by atoms with Gasteiger partial charge in [-0.25, -0.2) is 4.68 Å². The summed E-state index contributed by atoms with van der Waals surface area (Å²) in [6, 6.07) is 5.60. The monoisotopic (exact) mass is 223 g/mol. The van der Waals surface area contributed by atoms with E-state index in [0.29, 0.717) is 16.4 Å². The smallest absolute Gasteiger partial charge is 0.241 e. The highest BCUT2D eigenvalue weighted by molar-refractivity contribution is 6.33. The Morgan fingerprint density at radius 2 is 2.07 bits per heavy atom. The largest absolute Gasteiger partial charge is 0.366 e. The van der Waals surface area contributed by atoms with Gasteiger partial charge < -0.3 is 11.6 Å². The first-order valence-electron chi connectivity index (χ1n) is 4.32. The van der Waals surface area contributed by atoms with E-state index in [-0.39, 0.29) is 5.95 Å². The molecule has 0 atom stereocenters. The molecule has 15 heavy (non-hydrogen) atoms. The van der Waals surface area contributed by atoms with Gasteiger partial charge >= 0.3 is 0 Å². The summed E-state index contributed by atoms with van der Waals surface area (Å²) in [7, 11) is 0. The third kappa shape index (κ3) is 1.61. The topological polar surface area (TPSA) is 82.8 Å². The van der Waals surface area contributed by atoms with Gasteiger partial charge in [-0.05, 0) is 24.6 Å². The zero-order valence-electron chi connectivity index (χ0n) is 8.11. The molecule has 78 valence electrons. The van der Waals surface area contributed by atoms with Gasteiger partial charge in [-0.3, -0.25) is 0 Å². The van der Waals surface area contributed by atoms with Crippen LogP contribution >= 0.6 is 11.6 Å². The lowest BCUT2D eigenvalue weighted by Gasteiger charge is -2.04. The molecule has 6 heteroatoms. The number of rotatable bonds is 1. The Hall–Kier alpha value is -1.75. The predicted molar refractivity (Wildman–Crippen MR) is 59.8 cm³/mol. The first-order chi connectivity index (χ1) is 7.09. The predicted octanol–water partition coefficient (Wildman–Crippen LogP) is 1.20. The second-order valence-electron chi connectivity index (χ2n) is 3.24. The summed E-state index contributed by atoms with van der Waals surface area (Å²) in [5, 5.41) is 8.10. The van der Waals surface area contributed by atoms with Crippen LogP contribution in [-0.2, 0) is 0 Å². The Kier molecular flexibility index (Phi) is 2.24. The van der Waals surface area contributed by atoms with Crippen LogP contribution in [0.25, 0.3) is 11.4 Å². The SMILES string of the molecule is Cc1ccc(-c2nnc(N)n2N)c(Cl)c1. The molecular formula is C9H10ClN5. The second-order valence-corrected chi connectivity index (χ2v) is 3.64. The van der Waals surface area contributed by atoms with E-state index in [2.05, 4.69) is 10.2 Å². The van der Waals surface area contributed by atoms with Gasteiger partial charge in [0, 0.05) is 5.56 Å². The molecule has 0 saturated carbocycles. The number of hydrogen-bond donors (Lipinski definition) is 2. The molecule has 0 bridgehead atoms. The van der Waals surface area contributed by atoms with E-state index >= 15 is 0 Å². The molecule has 1 aromatic carbocycles. The molecule has 0 spiro atoms. The van der Waals surface area contributed by atoms with Crippen molar-refractivity contribution < 1.29 is 0 Å². The van der Waals surface area contributed by atoms with E-state index in [0.717, 1.165) is 5.56 Å². The van der Waals surface area contributed by atoms with Crippen LogP contribution in [0, 0.1) is 6.92 Å². The highest BCUT2D eigenvalue weighted by atomic mass is 35.5. The summed E-state index contributed by atoms with van der Waals surface area (Å²) in [6.45, 7) is 1.96. The normalized spacial score (nSPS) is 10.5. The number of nitrogens with zero attached hydrogens (tertiary/aromatic N) is 3. The van der Waals surface area contributed by atoms with Crippen LogP contribution in [0.5, 0.6) is 0 Å². The molecule has 0 unspecified atom stereocenters. The Morgan fingerprint density at radius 3 is 2.60 bits per heavy atom. The third-order valence-corrected chi connectivity index (χ3v) is 2.40. The van der Waals surface area contributed by atoms with E-state index in [1.165, 1.54) is 4.68 Å². The fourth-order valence-electron chi connectivity index (χ4n) is 1.29. The van der Waals surface area contributed by atoms with E-state index in [1.807, 2.05) is 25.1 Å². The first kappa shape index (κ1) is 9.79. The van der Waals surface area contributed by atoms with Crippen LogP contribution in [-0.4, -0.2) is 14.9 Å². The molecule has 0 aliphatic rings. The molecule has 0 aliphatic heterocycles. The number of hydrogen-bond acceptors (Lipinski definition) is 4. The van der Waals surface area contributed by atoms with Crippen molar-refractivity contribution in [2.75, 3.05) is 11.6 Å². The van der Waals surface area contributed by atoms with Gasteiger partial charge in [-0.1, -0.05) is 17.7 Å². The molecule has 2 rings (SSSR count). The molecule has 0 saturated heterocycles. The van der Waals surface area contributed by atoms with E-state index in [1.54, 1.807) is 0 Å². The highest BCUT2D eigenvalue weighted by Crippen LogP contribution is 2.26. The summed E-state index contributed by atoms with van der Waals surface area (Å²) in [5.74, 6) is 6.26. The summed E-state index contributed by atoms with van der Waals surface area (Å²) in [6.07, 6.45) is 0. The zero-order chi connectivity index (χ0) is 11.0. The Morgan fingerprint density at radius 1 is 1.33 bits per heavy atom. The summed E-state index contributed by atoms with van der Waals surface area (Å²) in [5.41, 5.74) is 7.27. The van der Waals surface area contributed by atoms with Crippen LogP contribution in [0.4, 0.5) is 5.95 Å². The van der Waals surface area contributed by atoms with Gasteiger partial charge in [0.1, 0.15) is 0 Å². The zero-order valence-corrected chi connectivity index (χ0v) is 8.86. The van der Waals surface area contributed by atoms with Crippen LogP contribution in [0.2, 0.25) is 5.02 Å². The number of nitrogens with two attached hydrogens (primary N) is 2. The molecule has 2 aromatic rings. The number of anilines is 1. The van der Waals surface area contributed by atoms with Crippen molar-refractivity contribution in [1.29, 1.82) is 0 Å². The third-order valence-electron chi connectivity index (χ3n) is 2.09. The van der Waals surface area contributed by atoms with E-state index in [9.17, 15) is 0 Å². The molecular weight excluding hydrogens is 214 g/mol. The Balaban J connectivity index is 2.59. The van der Waals surface area contributed by atoms with Gasteiger partial charge in [-0.2, -0.15) is 0 Å². The number of halogens is 1. The van der Waals surface area contributed by atoms with Crippen molar-refractivity contribution in [3.05, 3.63) is 28.8 Å². The molecule has 1 aromatic heterocycles. The van der Waals surface area contributed by atoms with Crippen LogP contribution in [0.1, 0.15) is 5.56 Å².